The molecule has 0 aliphatic carbocycles. The lowest BCUT2D eigenvalue weighted by Crippen LogP contribution is -2.15. The van der Waals surface area contributed by atoms with Crippen LogP contribution in [0, 0.1) is 13.8 Å². The quantitative estimate of drug-likeness (QED) is 0.884. The fourth-order valence-corrected chi connectivity index (χ4v) is 1.84. The minimum Gasteiger partial charge on any atom is -0.504 e. The highest BCUT2D eigenvalue weighted by Crippen LogP contribution is 2.32. The van der Waals surface area contributed by atoms with Crippen LogP contribution >= 0.6 is 0 Å². The van der Waals surface area contributed by atoms with Crippen molar-refractivity contribution in [1.82, 2.24) is 4.98 Å². The van der Waals surface area contributed by atoms with E-state index in [0.29, 0.717) is 17.1 Å². The van der Waals surface area contributed by atoms with Gasteiger partial charge in [0.15, 0.2) is 11.5 Å². The van der Waals surface area contributed by atoms with Gasteiger partial charge in [-0.3, -0.25) is 9.78 Å². The zero-order chi connectivity index (χ0) is 14.0. The van der Waals surface area contributed by atoms with Gasteiger partial charge in [-0.1, -0.05) is 12.1 Å². The molecule has 0 saturated heterocycles. The number of para-hydroxylation sites is 2. The number of hydrogen-bond acceptors (Lipinski definition) is 4. The second-order valence-corrected chi connectivity index (χ2v) is 4.16. The van der Waals surface area contributed by atoms with Gasteiger partial charge in [-0.05, 0) is 26.0 Å². The molecule has 0 radical (unpaired) electrons. The van der Waals surface area contributed by atoms with Crippen molar-refractivity contribution in [2.45, 2.75) is 13.8 Å². The van der Waals surface area contributed by atoms with Crippen molar-refractivity contribution in [2.75, 3.05) is 0 Å². The van der Waals surface area contributed by atoms with Crippen molar-refractivity contribution < 1.29 is 14.6 Å². The van der Waals surface area contributed by atoms with Crippen LogP contribution in [-0.2, 0) is 0 Å². The fourth-order valence-electron chi connectivity index (χ4n) is 1.84. The zero-order valence-electron chi connectivity index (χ0n) is 10.7. The maximum Gasteiger partial charge on any atom is 0.254 e. The number of hydrogen-bond donors (Lipinski definition) is 2. The monoisotopic (exact) mass is 258 g/mol. The van der Waals surface area contributed by atoms with E-state index in [1.807, 2.05) is 0 Å². The van der Waals surface area contributed by atoms with Crippen LogP contribution < -0.4 is 10.5 Å². The molecule has 98 valence electrons. The summed E-state index contributed by atoms with van der Waals surface area (Å²) in [5.74, 6) is -0.0746. The lowest BCUT2D eigenvalue weighted by Gasteiger charge is -2.12. The maximum atomic E-state index is 11.5. The first-order valence-electron chi connectivity index (χ1n) is 5.73. The minimum absolute atomic E-state index is 0.00922. The van der Waals surface area contributed by atoms with Crippen LogP contribution in [-0.4, -0.2) is 16.0 Å². The molecule has 0 aliphatic heterocycles. The van der Waals surface area contributed by atoms with Gasteiger partial charge in [0.25, 0.3) is 5.91 Å². The fraction of sp³-hybridized carbons (Fsp3) is 0.143. The van der Waals surface area contributed by atoms with Gasteiger partial charge in [0.2, 0.25) is 0 Å². The number of primary amides is 1. The molecule has 1 aromatic carbocycles. The zero-order valence-corrected chi connectivity index (χ0v) is 10.7. The number of rotatable bonds is 3. The number of phenolic OH excluding ortho intramolecular Hbond substituents is 1. The highest BCUT2D eigenvalue weighted by molar-refractivity contribution is 5.96. The molecule has 0 saturated carbocycles. The molecule has 1 amide bonds. The van der Waals surface area contributed by atoms with Crippen LogP contribution in [0.15, 0.2) is 30.3 Å². The van der Waals surface area contributed by atoms with E-state index in [9.17, 15) is 9.90 Å². The van der Waals surface area contributed by atoms with Crippen molar-refractivity contribution in [2.24, 2.45) is 5.73 Å². The van der Waals surface area contributed by atoms with Crippen LogP contribution in [0.1, 0.15) is 21.7 Å². The Balaban J connectivity index is 2.51. The largest absolute Gasteiger partial charge is 0.504 e. The summed E-state index contributed by atoms with van der Waals surface area (Å²) in [6.45, 7) is 3.47. The first-order chi connectivity index (χ1) is 8.99. The molecular weight excluding hydrogens is 244 g/mol. The normalized spacial score (nSPS) is 10.2. The van der Waals surface area contributed by atoms with E-state index in [2.05, 4.69) is 4.98 Å². The number of aromatic hydroxyl groups is 1. The van der Waals surface area contributed by atoms with Crippen molar-refractivity contribution >= 4 is 5.91 Å². The molecule has 0 bridgehead atoms. The molecule has 5 heteroatoms. The molecule has 19 heavy (non-hydrogen) atoms. The van der Waals surface area contributed by atoms with E-state index in [1.54, 1.807) is 38.1 Å². The highest BCUT2D eigenvalue weighted by Gasteiger charge is 2.16. The average Bonchev–Trinajstić information content (AvgIpc) is 2.30. The standard InChI is InChI=1S/C14H14N2O3/c1-8-7-12(13(14(15)18)9(2)16-8)19-11-6-4-3-5-10(11)17/h3-7,17H,1-2H3,(H2,15,18). The summed E-state index contributed by atoms with van der Waals surface area (Å²) in [5.41, 5.74) is 6.75. The summed E-state index contributed by atoms with van der Waals surface area (Å²) in [5, 5.41) is 9.68. The first kappa shape index (κ1) is 12.9. The summed E-state index contributed by atoms with van der Waals surface area (Å²) in [6, 6.07) is 8.12. The molecule has 1 heterocycles. The molecule has 2 rings (SSSR count). The summed E-state index contributed by atoms with van der Waals surface area (Å²) < 4.78 is 5.57. The maximum absolute atomic E-state index is 11.5. The van der Waals surface area contributed by atoms with Crippen LogP contribution in [0.3, 0.4) is 0 Å². The second kappa shape index (κ2) is 4.97. The van der Waals surface area contributed by atoms with E-state index in [0.717, 1.165) is 0 Å². The molecule has 3 N–H and O–H groups in total. The Hall–Kier alpha value is -2.56. The predicted molar refractivity (Wildman–Crippen MR) is 70.4 cm³/mol. The van der Waals surface area contributed by atoms with Crippen molar-refractivity contribution in [3.05, 3.63) is 47.3 Å². The van der Waals surface area contributed by atoms with Crippen LogP contribution in [0.25, 0.3) is 0 Å². The Bertz CT molecular complexity index is 639. The Kier molecular flexibility index (Phi) is 3.37. The molecule has 5 nitrogen and oxygen atoms in total. The summed E-state index contributed by atoms with van der Waals surface area (Å²) in [7, 11) is 0. The summed E-state index contributed by atoms with van der Waals surface area (Å²) in [6.07, 6.45) is 0. The number of aromatic nitrogens is 1. The third-order valence-corrected chi connectivity index (χ3v) is 2.62. The van der Waals surface area contributed by atoms with E-state index in [1.165, 1.54) is 6.07 Å². The number of nitrogens with two attached hydrogens (primary N) is 1. The number of nitrogens with zero attached hydrogens (tertiary/aromatic N) is 1. The highest BCUT2D eigenvalue weighted by atomic mass is 16.5. The number of benzene rings is 1. The number of carbonyl (C=O) groups is 1. The molecule has 0 unspecified atom stereocenters. The molecule has 0 aliphatic rings. The number of phenols is 1. The predicted octanol–water partition coefficient (Wildman–Crippen LogP) is 2.30. The van der Waals surface area contributed by atoms with Gasteiger partial charge in [-0.2, -0.15) is 0 Å². The third-order valence-electron chi connectivity index (χ3n) is 2.62. The van der Waals surface area contributed by atoms with E-state index >= 15 is 0 Å². The van der Waals surface area contributed by atoms with Crippen LogP contribution in [0.2, 0.25) is 0 Å². The van der Waals surface area contributed by atoms with E-state index < -0.39 is 5.91 Å². The van der Waals surface area contributed by atoms with Gasteiger partial charge >= 0.3 is 0 Å². The number of carbonyl (C=O) groups excluding carboxylic acids is 1. The number of aryl methyl sites for hydroxylation is 2. The molecule has 2 aromatic rings. The average molecular weight is 258 g/mol. The van der Waals surface area contributed by atoms with Crippen molar-refractivity contribution in [1.29, 1.82) is 0 Å². The molecule has 0 atom stereocenters. The summed E-state index contributed by atoms with van der Waals surface area (Å²) in [4.78, 5) is 15.6. The Morgan fingerprint density at radius 1 is 1.26 bits per heavy atom. The lowest BCUT2D eigenvalue weighted by atomic mass is 10.1. The molecule has 0 spiro atoms. The van der Waals surface area contributed by atoms with E-state index in [4.69, 9.17) is 10.5 Å². The first-order valence-corrected chi connectivity index (χ1v) is 5.73. The lowest BCUT2D eigenvalue weighted by molar-refractivity contribution is 0.0997. The number of amides is 1. The molecule has 0 fully saturated rings. The van der Waals surface area contributed by atoms with E-state index in [-0.39, 0.29) is 17.1 Å². The third kappa shape index (κ3) is 2.65. The van der Waals surface area contributed by atoms with Crippen LogP contribution in [0.4, 0.5) is 0 Å². The second-order valence-electron chi connectivity index (χ2n) is 4.16. The molecule has 1 aromatic heterocycles. The Labute approximate surface area is 110 Å². The Morgan fingerprint density at radius 2 is 1.95 bits per heavy atom. The Morgan fingerprint density at radius 3 is 2.58 bits per heavy atom. The van der Waals surface area contributed by atoms with Gasteiger partial charge in [-0.25, -0.2) is 0 Å². The van der Waals surface area contributed by atoms with Gasteiger partial charge in [0.1, 0.15) is 11.3 Å². The van der Waals surface area contributed by atoms with Gasteiger partial charge in [-0.15, -0.1) is 0 Å². The van der Waals surface area contributed by atoms with Gasteiger partial charge < -0.3 is 15.6 Å². The van der Waals surface area contributed by atoms with Gasteiger partial charge in [0, 0.05) is 11.8 Å². The number of ether oxygens (including phenoxy) is 1. The van der Waals surface area contributed by atoms with Crippen molar-refractivity contribution in [3.63, 3.8) is 0 Å². The SMILES string of the molecule is Cc1cc(Oc2ccccc2O)c(C(N)=O)c(C)n1. The van der Waals surface area contributed by atoms with Crippen molar-refractivity contribution in [3.8, 4) is 17.2 Å². The smallest absolute Gasteiger partial charge is 0.254 e. The van der Waals surface area contributed by atoms with Crippen LogP contribution in [0.5, 0.6) is 17.2 Å². The number of pyridine rings is 1. The summed E-state index contributed by atoms with van der Waals surface area (Å²) >= 11 is 0. The minimum atomic E-state index is -0.615. The molecular formula is C14H14N2O3. The topological polar surface area (TPSA) is 85.4 Å². The van der Waals surface area contributed by atoms with Gasteiger partial charge in [0.05, 0.1) is 5.69 Å².